The topological polar surface area (TPSA) is 25.8 Å². The van der Waals surface area contributed by atoms with E-state index in [0.29, 0.717) is 5.15 Å². The van der Waals surface area contributed by atoms with Gasteiger partial charge in [0.25, 0.3) is 0 Å². The maximum atomic E-state index is 6.20. The van der Waals surface area contributed by atoms with Gasteiger partial charge in [0.1, 0.15) is 0 Å². The second-order valence-corrected chi connectivity index (χ2v) is 4.79. The zero-order valence-electron chi connectivity index (χ0n) is 10.4. The third kappa shape index (κ3) is 2.74. The van der Waals surface area contributed by atoms with Crippen molar-refractivity contribution in [2.45, 2.75) is 12.8 Å². The van der Waals surface area contributed by atoms with E-state index in [1.54, 1.807) is 0 Å². The van der Waals surface area contributed by atoms with Crippen LogP contribution in [0.2, 0.25) is 5.15 Å². The molecule has 19 heavy (non-hydrogen) atoms. The number of para-hydroxylation sites is 2. The third-order valence-electron chi connectivity index (χ3n) is 3.09. The summed E-state index contributed by atoms with van der Waals surface area (Å²) >= 11 is 6.20. The Kier molecular flexibility index (Phi) is 3.43. The zero-order valence-corrected chi connectivity index (χ0v) is 11.1. The van der Waals surface area contributed by atoms with E-state index >= 15 is 0 Å². The number of fused-ring (bicyclic) bond motifs is 1. The van der Waals surface area contributed by atoms with Crippen LogP contribution in [0.5, 0.6) is 0 Å². The molecule has 0 radical (unpaired) electrons. The summed E-state index contributed by atoms with van der Waals surface area (Å²) in [4.78, 5) is 8.99. The van der Waals surface area contributed by atoms with E-state index < -0.39 is 0 Å². The minimum atomic E-state index is 0.509. The first kappa shape index (κ1) is 12.1. The third-order valence-corrected chi connectivity index (χ3v) is 3.39. The first-order valence-corrected chi connectivity index (χ1v) is 6.66. The molecule has 0 fully saturated rings. The molecule has 94 valence electrons. The van der Waals surface area contributed by atoms with Crippen LogP contribution in [-0.4, -0.2) is 9.97 Å². The molecular formula is C16H13ClN2. The molecule has 1 heterocycles. The van der Waals surface area contributed by atoms with Gasteiger partial charge in [-0.15, -0.1) is 0 Å². The molecule has 0 bridgehead atoms. The van der Waals surface area contributed by atoms with Gasteiger partial charge in [0.05, 0.1) is 16.7 Å². The monoisotopic (exact) mass is 268 g/mol. The molecule has 0 aliphatic rings. The molecule has 0 spiro atoms. The minimum Gasteiger partial charge on any atom is -0.248 e. The lowest BCUT2D eigenvalue weighted by Gasteiger charge is -2.05. The van der Waals surface area contributed by atoms with Crippen LogP contribution < -0.4 is 0 Å². The molecule has 0 saturated carbocycles. The van der Waals surface area contributed by atoms with Gasteiger partial charge in [0, 0.05) is 0 Å². The lowest BCUT2D eigenvalue weighted by atomic mass is 10.1. The van der Waals surface area contributed by atoms with Gasteiger partial charge in [-0.1, -0.05) is 54.1 Å². The highest BCUT2D eigenvalue weighted by Crippen LogP contribution is 2.18. The molecule has 3 heteroatoms. The predicted octanol–water partition coefficient (Wildman–Crippen LogP) is 4.07. The summed E-state index contributed by atoms with van der Waals surface area (Å²) in [5.74, 6) is 0. The van der Waals surface area contributed by atoms with Crippen molar-refractivity contribution in [3.05, 3.63) is 71.0 Å². The van der Waals surface area contributed by atoms with Crippen molar-refractivity contribution in [1.82, 2.24) is 9.97 Å². The van der Waals surface area contributed by atoms with Gasteiger partial charge in [0.15, 0.2) is 5.15 Å². The molecule has 0 unspecified atom stereocenters. The van der Waals surface area contributed by atoms with Crippen LogP contribution in [0.25, 0.3) is 11.0 Å². The van der Waals surface area contributed by atoms with Crippen molar-refractivity contribution >= 4 is 22.6 Å². The zero-order chi connectivity index (χ0) is 13.1. The molecule has 2 nitrogen and oxygen atoms in total. The van der Waals surface area contributed by atoms with Crippen molar-refractivity contribution in [3.63, 3.8) is 0 Å². The molecule has 3 rings (SSSR count). The second-order valence-electron chi connectivity index (χ2n) is 4.44. The molecule has 0 atom stereocenters. The normalized spacial score (nSPS) is 10.8. The van der Waals surface area contributed by atoms with Crippen LogP contribution in [-0.2, 0) is 12.8 Å². The molecule has 0 N–H and O–H groups in total. The maximum absolute atomic E-state index is 6.20. The number of rotatable bonds is 3. The van der Waals surface area contributed by atoms with Crippen LogP contribution in [0.1, 0.15) is 11.3 Å². The Morgan fingerprint density at radius 1 is 0.737 bits per heavy atom. The van der Waals surface area contributed by atoms with E-state index in [2.05, 4.69) is 22.1 Å². The molecular weight excluding hydrogens is 256 g/mol. The Labute approximate surface area is 117 Å². The van der Waals surface area contributed by atoms with Crippen molar-refractivity contribution < 1.29 is 0 Å². The number of hydrogen-bond donors (Lipinski definition) is 0. The quantitative estimate of drug-likeness (QED) is 0.716. The molecule has 0 saturated heterocycles. The number of hydrogen-bond acceptors (Lipinski definition) is 2. The summed E-state index contributed by atoms with van der Waals surface area (Å²) in [6.07, 6.45) is 1.73. The lowest BCUT2D eigenvalue weighted by Crippen LogP contribution is -1.98. The fourth-order valence-corrected chi connectivity index (χ4v) is 2.31. The number of aromatic nitrogens is 2. The molecule has 3 aromatic rings. The van der Waals surface area contributed by atoms with E-state index in [0.717, 1.165) is 29.6 Å². The summed E-state index contributed by atoms with van der Waals surface area (Å²) in [6, 6.07) is 18.1. The lowest BCUT2D eigenvalue weighted by molar-refractivity contribution is 0.912. The van der Waals surface area contributed by atoms with Gasteiger partial charge < -0.3 is 0 Å². The van der Waals surface area contributed by atoms with E-state index in [1.807, 2.05) is 42.5 Å². The average Bonchev–Trinajstić information content (AvgIpc) is 2.46. The predicted molar refractivity (Wildman–Crippen MR) is 78.4 cm³/mol. The Hall–Kier alpha value is -1.93. The largest absolute Gasteiger partial charge is 0.248 e. The summed E-state index contributed by atoms with van der Waals surface area (Å²) < 4.78 is 0. The van der Waals surface area contributed by atoms with Crippen LogP contribution >= 0.6 is 11.6 Å². The molecule has 0 amide bonds. The number of benzene rings is 2. The fourth-order valence-electron chi connectivity index (χ4n) is 2.08. The number of nitrogens with zero attached hydrogens (tertiary/aromatic N) is 2. The van der Waals surface area contributed by atoms with Gasteiger partial charge in [-0.2, -0.15) is 0 Å². The van der Waals surface area contributed by atoms with E-state index in [9.17, 15) is 0 Å². The van der Waals surface area contributed by atoms with Crippen molar-refractivity contribution in [1.29, 1.82) is 0 Å². The highest BCUT2D eigenvalue weighted by atomic mass is 35.5. The first-order valence-electron chi connectivity index (χ1n) is 6.28. The average molecular weight is 269 g/mol. The van der Waals surface area contributed by atoms with Gasteiger partial charge >= 0.3 is 0 Å². The minimum absolute atomic E-state index is 0.509. The number of aryl methyl sites for hydroxylation is 2. The van der Waals surface area contributed by atoms with Gasteiger partial charge in [-0.3, -0.25) is 0 Å². The van der Waals surface area contributed by atoms with Crippen molar-refractivity contribution in [3.8, 4) is 0 Å². The Bertz CT molecular complexity index is 695. The second kappa shape index (κ2) is 5.37. The highest BCUT2D eigenvalue weighted by molar-refractivity contribution is 6.30. The summed E-state index contributed by atoms with van der Waals surface area (Å²) in [5.41, 5.74) is 3.89. The Morgan fingerprint density at radius 3 is 2.11 bits per heavy atom. The van der Waals surface area contributed by atoms with Crippen LogP contribution in [0.15, 0.2) is 54.6 Å². The van der Waals surface area contributed by atoms with Crippen LogP contribution in [0.4, 0.5) is 0 Å². The Balaban J connectivity index is 1.86. The van der Waals surface area contributed by atoms with E-state index in [-0.39, 0.29) is 0 Å². The van der Waals surface area contributed by atoms with E-state index in [4.69, 9.17) is 11.6 Å². The van der Waals surface area contributed by atoms with Crippen LogP contribution in [0.3, 0.4) is 0 Å². The van der Waals surface area contributed by atoms with Gasteiger partial charge in [-0.05, 0) is 30.5 Å². The van der Waals surface area contributed by atoms with Crippen molar-refractivity contribution in [2.24, 2.45) is 0 Å². The summed E-state index contributed by atoms with van der Waals surface area (Å²) in [7, 11) is 0. The van der Waals surface area contributed by atoms with Crippen molar-refractivity contribution in [2.75, 3.05) is 0 Å². The maximum Gasteiger partial charge on any atom is 0.151 e. The highest BCUT2D eigenvalue weighted by Gasteiger charge is 2.06. The SMILES string of the molecule is Clc1nc2ccccc2nc1CCc1ccccc1. The Morgan fingerprint density at radius 2 is 1.37 bits per heavy atom. The molecule has 0 aliphatic heterocycles. The van der Waals surface area contributed by atoms with E-state index in [1.165, 1.54) is 5.56 Å². The fraction of sp³-hybridized carbons (Fsp3) is 0.125. The molecule has 1 aromatic heterocycles. The standard InChI is InChI=1S/C16H13ClN2/c17-16-15(11-10-12-6-2-1-3-7-12)18-13-8-4-5-9-14(13)19-16/h1-9H,10-11H2. The summed E-state index contributed by atoms with van der Waals surface area (Å²) in [5, 5.41) is 0.509. The molecule has 2 aromatic carbocycles. The van der Waals surface area contributed by atoms with Crippen LogP contribution in [0, 0.1) is 0 Å². The summed E-state index contributed by atoms with van der Waals surface area (Å²) in [6.45, 7) is 0. The first-order chi connectivity index (χ1) is 9.33. The number of halogens is 1. The smallest absolute Gasteiger partial charge is 0.151 e. The van der Waals surface area contributed by atoms with Gasteiger partial charge in [0.2, 0.25) is 0 Å². The molecule has 0 aliphatic carbocycles. The van der Waals surface area contributed by atoms with Gasteiger partial charge in [-0.25, -0.2) is 9.97 Å².